The molecule has 210 valence electrons. The number of ether oxygens (including phenoxy) is 1. The van der Waals surface area contributed by atoms with Gasteiger partial charge in [0, 0.05) is 75.7 Å². The third kappa shape index (κ3) is 4.72. The normalized spacial score (nSPS) is 11.2. The van der Waals surface area contributed by atoms with E-state index in [1.807, 2.05) is 76.4 Å². The molecule has 0 radical (unpaired) electrons. The summed E-state index contributed by atoms with van der Waals surface area (Å²) in [4.78, 5) is 27.4. The van der Waals surface area contributed by atoms with Crippen LogP contribution in [-0.4, -0.2) is 36.2 Å². The Morgan fingerprint density at radius 2 is 1.37 bits per heavy atom. The highest BCUT2D eigenvalue weighted by atomic mass is 16.5. The maximum Gasteiger partial charge on any atom is 0.248 e. The number of rotatable bonds is 3. The number of H-pyrrole nitrogens is 1. The summed E-state index contributed by atoms with van der Waals surface area (Å²) < 4.78 is 9.15. The van der Waals surface area contributed by atoms with Crippen molar-refractivity contribution in [2.75, 3.05) is 12.8 Å². The van der Waals surface area contributed by atoms with Gasteiger partial charge in [-0.05, 0) is 48.2 Å². The lowest BCUT2D eigenvalue weighted by molar-refractivity contribution is 0.398. The number of benzene rings is 2. The van der Waals surface area contributed by atoms with Gasteiger partial charge in [0.15, 0.2) is 0 Å². The number of nitrogens with two attached hydrogens (primary N) is 1. The van der Waals surface area contributed by atoms with E-state index in [-0.39, 0.29) is 5.56 Å². The molecule has 3 N–H and O–H groups in total. The molecule has 0 atom stereocenters. The van der Waals surface area contributed by atoms with Crippen LogP contribution in [0.4, 0.5) is 5.69 Å². The van der Waals surface area contributed by atoms with Crippen LogP contribution in [0.15, 0.2) is 115 Å². The molecule has 6 heterocycles. The number of anilines is 1. The van der Waals surface area contributed by atoms with Crippen molar-refractivity contribution in [2.45, 2.75) is 6.92 Å². The monoisotopic (exact) mass is 565 g/mol. The van der Waals surface area contributed by atoms with Gasteiger partial charge in [-0.1, -0.05) is 30.3 Å². The molecule has 8 rings (SSSR count). The van der Waals surface area contributed by atoms with Crippen molar-refractivity contribution in [3.05, 3.63) is 126 Å². The number of hydrogen-bond donors (Lipinski definition) is 2. The fraction of sp³-hybridized carbons (Fsp3) is 0.0588. The van der Waals surface area contributed by atoms with Gasteiger partial charge in [-0.25, -0.2) is 15.0 Å². The summed E-state index contributed by atoms with van der Waals surface area (Å²) in [5.41, 5.74) is 9.80. The Balaban J connectivity index is 0.000000140. The van der Waals surface area contributed by atoms with Crippen LogP contribution >= 0.6 is 0 Å². The number of nitrogens with zero attached hydrogens (tertiary/aromatic N) is 5. The molecule has 6 aromatic heterocycles. The maximum absolute atomic E-state index is 11.4. The fourth-order valence-corrected chi connectivity index (χ4v) is 5.34. The molecule has 8 aromatic rings. The van der Waals surface area contributed by atoms with Gasteiger partial charge in [-0.2, -0.15) is 0 Å². The summed E-state index contributed by atoms with van der Waals surface area (Å²) in [6, 6.07) is 23.5. The summed E-state index contributed by atoms with van der Waals surface area (Å²) in [6.45, 7) is 2.12. The maximum atomic E-state index is 11.4. The molecule has 0 spiro atoms. The number of fused-ring (bicyclic) bond motifs is 4. The Bertz CT molecular complexity index is 2350. The quantitative estimate of drug-likeness (QED) is 0.242. The van der Waals surface area contributed by atoms with Crippen LogP contribution in [0, 0.1) is 6.92 Å². The number of nitrogens with one attached hydrogen (secondary N) is 1. The largest absolute Gasteiger partial charge is 0.481 e. The number of hydrogen-bond acceptors (Lipinski definition) is 6. The lowest BCUT2D eigenvalue weighted by atomic mass is 10.1. The molecule has 0 aliphatic heterocycles. The molecule has 43 heavy (non-hydrogen) atoms. The molecular weight excluding hydrogens is 538 g/mol. The highest BCUT2D eigenvalue weighted by Gasteiger charge is 2.09. The zero-order valence-electron chi connectivity index (χ0n) is 23.5. The van der Waals surface area contributed by atoms with Crippen molar-refractivity contribution >= 4 is 49.0 Å². The SMILES string of the molecule is COc1cc2ccn(-c3cc4c(C)cccc4cn3)c2cn1.Nc1cccc2cnc(-n3ccc4cc(=O)[nH]cc43)cc12. The van der Waals surface area contributed by atoms with Crippen molar-refractivity contribution in [1.82, 2.24) is 29.1 Å². The smallest absolute Gasteiger partial charge is 0.248 e. The second-order valence-corrected chi connectivity index (χ2v) is 10.2. The first kappa shape index (κ1) is 26.0. The Morgan fingerprint density at radius 1 is 0.721 bits per heavy atom. The van der Waals surface area contributed by atoms with Crippen molar-refractivity contribution in [2.24, 2.45) is 0 Å². The molecule has 0 amide bonds. The van der Waals surface area contributed by atoms with Crippen LogP contribution in [0.1, 0.15) is 5.56 Å². The fourth-order valence-electron chi connectivity index (χ4n) is 5.34. The first-order valence-electron chi connectivity index (χ1n) is 13.7. The van der Waals surface area contributed by atoms with Gasteiger partial charge in [0.1, 0.15) is 11.6 Å². The van der Waals surface area contributed by atoms with Gasteiger partial charge in [-0.15, -0.1) is 0 Å². The van der Waals surface area contributed by atoms with E-state index in [1.165, 1.54) is 10.9 Å². The Labute approximate surface area is 245 Å². The minimum Gasteiger partial charge on any atom is -0.481 e. The van der Waals surface area contributed by atoms with Gasteiger partial charge < -0.3 is 15.5 Å². The highest BCUT2D eigenvalue weighted by molar-refractivity contribution is 5.93. The second-order valence-electron chi connectivity index (χ2n) is 10.2. The average molecular weight is 566 g/mol. The van der Waals surface area contributed by atoms with E-state index in [9.17, 15) is 4.79 Å². The van der Waals surface area contributed by atoms with Crippen molar-refractivity contribution in [3.8, 4) is 17.5 Å². The Kier molecular flexibility index (Phi) is 6.32. The van der Waals surface area contributed by atoms with Crippen LogP contribution in [0.3, 0.4) is 0 Å². The minimum atomic E-state index is -0.115. The van der Waals surface area contributed by atoms with Crippen molar-refractivity contribution in [1.29, 1.82) is 0 Å². The molecule has 0 fully saturated rings. The van der Waals surface area contributed by atoms with Crippen LogP contribution < -0.4 is 16.0 Å². The Hall–Kier alpha value is -5.96. The second kappa shape index (κ2) is 10.5. The third-order valence-electron chi connectivity index (χ3n) is 7.60. The highest BCUT2D eigenvalue weighted by Crippen LogP contribution is 2.26. The summed E-state index contributed by atoms with van der Waals surface area (Å²) >= 11 is 0. The van der Waals surface area contributed by atoms with Gasteiger partial charge in [0.2, 0.25) is 11.4 Å². The van der Waals surface area contributed by atoms with Crippen LogP contribution in [0.25, 0.3) is 55.0 Å². The summed E-state index contributed by atoms with van der Waals surface area (Å²) in [5, 5.41) is 6.30. The molecule has 0 saturated carbocycles. The molecule has 9 nitrogen and oxygen atoms in total. The lowest BCUT2D eigenvalue weighted by Gasteiger charge is -2.08. The molecule has 0 unspecified atom stereocenters. The summed E-state index contributed by atoms with van der Waals surface area (Å²) in [5.74, 6) is 2.28. The van der Waals surface area contributed by atoms with Gasteiger partial charge in [-0.3, -0.25) is 13.9 Å². The lowest BCUT2D eigenvalue weighted by Crippen LogP contribution is -2.03. The molecular formula is C34H27N7O2. The van der Waals surface area contributed by atoms with Crippen LogP contribution in [0.2, 0.25) is 0 Å². The molecule has 0 aliphatic carbocycles. The Morgan fingerprint density at radius 3 is 2.12 bits per heavy atom. The number of aryl methyl sites for hydroxylation is 1. The van der Waals surface area contributed by atoms with Gasteiger partial charge in [0.05, 0.1) is 24.3 Å². The molecule has 2 aromatic carbocycles. The minimum absolute atomic E-state index is 0.115. The van der Waals surface area contributed by atoms with E-state index in [2.05, 4.69) is 51.1 Å². The zero-order chi connectivity index (χ0) is 29.5. The van der Waals surface area contributed by atoms with E-state index in [0.717, 1.165) is 55.3 Å². The first-order valence-corrected chi connectivity index (χ1v) is 13.7. The van der Waals surface area contributed by atoms with E-state index in [0.29, 0.717) is 5.88 Å². The standard InChI is InChI=1S/C18H15N3O.C16H12N4O/c1-12-4-3-5-14-10-19-17(9-15(12)14)21-7-6-13-8-18(22-2)20-11-16(13)21;17-13-3-1-2-11-8-18-15(7-12(11)13)20-5-4-10-6-16(21)19-9-14(10)20/h3-11H,1-2H3;1-9H,17H2,(H,19,21). The number of methoxy groups -OCH3 is 1. The van der Waals surface area contributed by atoms with Crippen LogP contribution in [0.5, 0.6) is 5.88 Å². The van der Waals surface area contributed by atoms with Gasteiger partial charge >= 0.3 is 0 Å². The predicted molar refractivity (Wildman–Crippen MR) is 171 cm³/mol. The van der Waals surface area contributed by atoms with E-state index < -0.39 is 0 Å². The first-order chi connectivity index (χ1) is 21.0. The van der Waals surface area contributed by atoms with Crippen molar-refractivity contribution in [3.63, 3.8) is 0 Å². The van der Waals surface area contributed by atoms with E-state index >= 15 is 0 Å². The predicted octanol–water partition coefficient (Wildman–Crippen LogP) is 6.34. The average Bonchev–Trinajstić information content (AvgIpc) is 3.65. The molecule has 0 aliphatic rings. The van der Waals surface area contributed by atoms with Gasteiger partial charge in [0.25, 0.3) is 0 Å². The number of pyridine rings is 4. The van der Waals surface area contributed by atoms with E-state index in [4.69, 9.17) is 10.5 Å². The van der Waals surface area contributed by atoms with Crippen LogP contribution in [-0.2, 0) is 0 Å². The molecule has 0 bridgehead atoms. The molecule has 9 heteroatoms. The number of aromatic amines is 1. The van der Waals surface area contributed by atoms with E-state index in [1.54, 1.807) is 25.6 Å². The number of aromatic nitrogens is 6. The van der Waals surface area contributed by atoms with Crippen molar-refractivity contribution < 1.29 is 4.74 Å². The number of nitrogen functional groups attached to an aromatic ring is 1. The summed E-state index contributed by atoms with van der Waals surface area (Å²) in [7, 11) is 1.62. The third-order valence-corrected chi connectivity index (χ3v) is 7.60. The summed E-state index contributed by atoms with van der Waals surface area (Å²) in [6.07, 6.45) is 11.1. The molecule has 0 saturated heterocycles. The topological polar surface area (TPSA) is 117 Å². The zero-order valence-corrected chi connectivity index (χ0v) is 23.5.